The van der Waals surface area contributed by atoms with Gasteiger partial charge in [-0.25, -0.2) is 0 Å². The SMILES string of the molecule is O=C1OC(=O)C2C3C=CC(C12)C1C2CC(C4C(O)OC(=O)C24)C31. The van der Waals surface area contributed by atoms with Crippen LogP contribution in [0.15, 0.2) is 12.2 Å². The molecule has 0 aromatic heterocycles. The van der Waals surface area contributed by atoms with Crippen LogP contribution >= 0.6 is 0 Å². The third kappa shape index (κ3) is 1.20. The van der Waals surface area contributed by atoms with Gasteiger partial charge in [0.15, 0.2) is 0 Å². The Morgan fingerprint density at radius 2 is 1.43 bits per heavy atom. The number of allylic oxidation sites excluding steroid dienone is 2. The topological polar surface area (TPSA) is 89.9 Å². The first-order valence-electron chi connectivity index (χ1n) is 8.40. The van der Waals surface area contributed by atoms with Crippen LogP contribution in [0.25, 0.3) is 0 Å². The molecule has 0 amide bonds. The second-order valence-corrected chi connectivity index (χ2v) is 7.98. The number of esters is 3. The van der Waals surface area contributed by atoms with Crippen LogP contribution < -0.4 is 0 Å². The van der Waals surface area contributed by atoms with E-state index in [1.807, 2.05) is 0 Å². The van der Waals surface area contributed by atoms with Gasteiger partial charge in [-0.15, -0.1) is 0 Å². The molecule has 23 heavy (non-hydrogen) atoms. The van der Waals surface area contributed by atoms with Crippen molar-refractivity contribution in [1.29, 1.82) is 0 Å². The molecule has 11 unspecified atom stereocenters. The average Bonchev–Trinajstić information content (AvgIpc) is 3.24. The largest absolute Gasteiger partial charge is 0.435 e. The van der Waals surface area contributed by atoms with Gasteiger partial charge in [0.1, 0.15) is 0 Å². The number of carbonyl (C=O) groups excluding carboxylic acids is 3. The van der Waals surface area contributed by atoms with Crippen LogP contribution in [0.1, 0.15) is 6.42 Å². The van der Waals surface area contributed by atoms with E-state index in [0.29, 0.717) is 0 Å². The maximum absolute atomic E-state index is 12.1. The highest BCUT2D eigenvalue weighted by molar-refractivity contribution is 5.97. The molecule has 6 heteroatoms. The smallest absolute Gasteiger partial charge is 0.318 e. The van der Waals surface area contributed by atoms with Gasteiger partial charge in [0, 0.05) is 5.92 Å². The average molecular weight is 316 g/mol. The van der Waals surface area contributed by atoms with Crippen LogP contribution in [0.2, 0.25) is 0 Å². The molecule has 5 fully saturated rings. The summed E-state index contributed by atoms with van der Waals surface area (Å²) in [6.07, 6.45) is 4.03. The Morgan fingerprint density at radius 1 is 0.826 bits per heavy atom. The molecule has 0 aromatic carbocycles. The van der Waals surface area contributed by atoms with E-state index < -0.39 is 18.2 Å². The molecule has 0 radical (unpaired) electrons. The highest BCUT2D eigenvalue weighted by Gasteiger charge is 2.73. The van der Waals surface area contributed by atoms with Crippen LogP contribution in [0.3, 0.4) is 0 Å². The minimum Gasteiger partial charge on any atom is -0.435 e. The summed E-state index contributed by atoms with van der Waals surface area (Å²) < 4.78 is 10.0. The molecule has 0 aromatic rings. The number of hydrogen-bond acceptors (Lipinski definition) is 6. The first kappa shape index (κ1) is 12.7. The van der Waals surface area contributed by atoms with E-state index in [9.17, 15) is 19.5 Å². The fourth-order valence-corrected chi connectivity index (χ4v) is 7.18. The lowest BCUT2D eigenvalue weighted by atomic mass is 9.48. The molecule has 2 heterocycles. The number of hydrogen-bond donors (Lipinski definition) is 1. The monoisotopic (exact) mass is 316 g/mol. The van der Waals surface area contributed by atoms with Crippen molar-refractivity contribution < 1.29 is 29.0 Å². The van der Waals surface area contributed by atoms with E-state index in [4.69, 9.17) is 9.47 Å². The molecule has 120 valence electrons. The highest BCUT2D eigenvalue weighted by Crippen LogP contribution is 2.71. The normalized spacial score (nSPS) is 60.6. The van der Waals surface area contributed by atoms with Crippen molar-refractivity contribution in [3.05, 3.63) is 12.2 Å². The maximum Gasteiger partial charge on any atom is 0.318 e. The van der Waals surface area contributed by atoms with Gasteiger partial charge in [-0.3, -0.25) is 14.4 Å². The molecule has 3 saturated carbocycles. The third-order valence-corrected chi connectivity index (χ3v) is 7.59. The zero-order valence-corrected chi connectivity index (χ0v) is 12.2. The van der Waals surface area contributed by atoms with E-state index in [1.54, 1.807) is 0 Å². The minimum atomic E-state index is -1.01. The molecule has 2 saturated heterocycles. The second-order valence-electron chi connectivity index (χ2n) is 7.98. The molecule has 5 aliphatic carbocycles. The standard InChI is InChI=1S/C17H16O6/c18-14-10-4-1-2-5(11(10)15(19)22-14)9-7-3-6(8(4)9)12-13(7)17(21)23-16(12)20/h1-2,4-13,16,20H,3H2. The molecule has 6 nitrogen and oxygen atoms in total. The summed E-state index contributed by atoms with van der Waals surface area (Å²) in [5.41, 5.74) is 0. The fraction of sp³-hybridized carbons (Fsp3) is 0.706. The number of ether oxygens (including phenoxy) is 2. The van der Waals surface area contributed by atoms with Gasteiger partial charge in [-0.1, -0.05) is 12.2 Å². The summed E-state index contributed by atoms with van der Waals surface area (Å²) in [6, 6.07) is 0. The molecule has 7 aliphatic rings. The van der Waals surface area contributed by atoms with Crippen molar-refractivity contribution in [2.75, 3.05) is 0 Å². The van der Waals surface area contributed by atoms with E-state index in [2.05, 4.69) is 12.2 Å². The molecular formula is C17H16O6. The van der Waals surface area contributed by atoms with Crippen molar-refractivity contribution >= 4 is 17.9 Å². The van der Waals surface area contributed by atoms with E-state index >= 15 is 0 Å². The van der Waals surface area contributed by atoms with Gasteiger partial charge in [0.25, 0.3) is 0 Å². The van der Waals surface area contributed by atoms with Crippen LogP contribution in [0, 0.1) is 59.2 Å². The Labute approximate surface area is 131 Å². The van der Waals surface area contributed by atoms with Crippen molar-refractivity contribution in [3.8, 4) is 0 Å². The second kappa shape index (κ2) is 3.69. The van der Waals surface area contributed by atoms with Gasteiger partial charge in [-0.2, -0.15) is 0 Å². The Bertz CT molecular complexity index is 697. The number of aliphatic hydroxyl groups is 1. The number of carbonyl (C=O) groups is 3. The molecule has 11 atom stereocenters. The minimum absolute atomic E-state index is 0.00666. The predicted molar refractivity (Wildman–Crippen MR) is 71.9 cm³/mol. The zero-order chi connectivity index (χ0) is 15.6. The summed E-state index contributed by atoms with van der Waals surface area (Å²) in [5.74, 6) is -1.41. The zero-order valence-electron chi connectivity index (χ0n) is 12.2. The Morgan fingerprint density at radius 3 is 2.09 bits per heavy atom. The van der Waals surface area contributed by atoms with Crippen molar-refractivity contribution in [3.63, 3.8) is 0 Å². The lowest BCUT2D eigenvalue weighted by Crippen LogP contribution is -2.54. The molecule has 0 spiro atoms. The van der Waals surface area contributed by atoms with Crippen LogP contribution in [0.5, 0.6) is 0 Å². The summed E-state index contributed by atoms with van der Waals surface area (Å²) >= 11 is 0. The number of rotatable bonds is 0. The number of fused-ring (bicyclic) bond motifs is 5. The van der Waals surface area contributed by atoms with Gasteiger partial charge >= 0.3 is 17.9 Å². The lowest BCUT2D eigenvalue weighted by Gasteiger charge is -2.52. The Balaban J connectivity index is 1.48. The van der Waals surface area contributed by atoms with E-state index in [-0.39, 0.29) is 65.1 Å². The van der Waals surface area contributed by atoms with Gasteiger partial charge < -0.3 is 14.6 Å². The quantitative estimate of drug-likeness (QED) is 0.387. The molecule has 7 rings (SSSR count). The summed E-state index contributed by atoms with van der Waals surface area (Å²) in [4.78, 5) is 36.4. The third-order valence-electron chi connectivity index (χ3n) is 7.59. The molecule has 4 bridgehead atoms. The Hall–Kier alpha value is -1.69. The lowest BCUT2D eigenvalue weighted by molar-refractivity contribution is -0.159. The number of cyclic esters (lactones) is 3. The highest BCUT2D eigenvalue weighted by atomic mass is 16.6. The summed E-state index contributed by atoms with van der Waals surface area (Å²) in [5, 5.41) is 10.1. The maximum atomic E-state index is 12.1. The first-order chi connectivity index (χ1) is 11.1. The molecule has 1 N–H and O–H groups in total. The van der Waals surface area contributed by atoms with Crippen LogP contribution in [-0.2, 0) is 23.9 Å². The summed E-state index contributed by atoms with van der Waals surface area (Å²) in [7, 11) is 0. The van der Waals surface area contributed by atoms with Crippen molar-refractivity contribution in [2.45, 2.75) is 12.7 Å². The van der Waals surface area contributed by atoms with Crippen LogP contribution in [-0.4, -0.2) is 29.3 Å². The van der Waals surface area contributed by atoms with Gasteiger partial charge in [0.05, 0.1) is 17.8 Å². The van der Waals surface area contributed by atoms with E-state index in [0.717, 1.165) is 6.42 Å². The Kier molecular flexibility index (Phi) is 2.04. The fourth-order valence-electron chi connectivity index (χ4n) is 7.18. The van der Waals surface area contributed by atoms with Crippen molar-refractivity contribution in [1.82, 2.24) is 0 Å². The first-order valence-corrected chi connectivity index (χ1v) is 8.40. The van der Waals surface area contributed by atoms with Gasteiger partial charge in [0.2, 0.25) is 6.29 Å². The molecular weight excluding hydrogens is 300 g/mol. The number of aliphatic hydroxyl groups excluding tert-OH is 1. The molecule has 2 aliphatic heterocycles. The summed E-state index contributed by atoms with van der Waals surface area (Å²) in [6.45, 7) is 0. The van der Waals surface area contributed by atoms with E-state index in [1.165, 1.54) is 0 Å². The van der Waals surface area contributed by atoms with Crippen LogP contribution in [0.4, 0.5) is 0 Å². The van der Waals surface area contributed by atoms with Gasteiger partial charge in [-0.05, 0) is 41.9 Å². The van der Waals surface area contributed by atoms with Crippen molar-refractivity contribution in [2.24, 2.45) is 59.2 Å². The predicted octanol–water partition coefficient (Wildman–Crippen LogP) is 0.108.